The van der Waals surface area contributed by atoms with Crippen LogP contribution in [-0.2, 0) is 6.54 Å². The third-order valence-corrected chi connectivity index (χ3v) is 4.58. The van der Waals surface area contributed by atoms with Crippen molar-refractivity contribution in [3.05, 3.63) is 100 Å². The number of para-hydroxylation sites is 1. The molecule has 4 nitrogen and oxygen atoms in total. The van der Waals surface area contributed by atoms with Crippen LogP contribution in [0.3, 0.4) is 0 Å². The molecule has 5 heteroatoms. The van der Waals surface area contributed by atoms with E-state index >= 15 is 0 Å². The van der Waals surface area contributed by atoms with E-state index in [9.17, 15) is 14.0 Å². The molecule has 0 fully saturated rings. The van der Waals surface area contributed by atoms with Gasteiger partial charge >= 0.3 is 0 Å². The van der Waals surface area contributed by atoms with Crippen molar-refractivity contribution in [3.63, 3.8) is 0 Å². The number of halogens is 1. The summed E-state index contributed by atoms with van der Waals surface area (Å²) in [5, 5.41) is 0. The molecule has 144 valence electrons. The van der Waals surface area contributed by atoms with Crippen molar-refractivity contribution in [1.82, 2.24) is 4.57 Å². The summed E-state index contributed by atoms with van der Waals surface area (Å²) in [6.45, 7) is 2.74. The van der Waals surface area contributed by atoms with Gasteiger partial charge in [0.2, 0.25) is 0 Å². The summed E-state index contributed by atoms with van der Waals surface area (Å²) in [6.07, 6.45) is 3.35. The lowest BCUT2D eigenvalue weighted by Gasteiger charge is -2.23. The van der Waals surface area contributed by atoms with Gasteiger partial charge in [0.25, 0.3) is 11.5 Å². The van der Waals surface area contributed by atoms with E-state index < -0.39 is 0 Å². The van der Waals surface area contributed by atoms with Gasteiger partial charge < -0.3 is 9.47 Å². The van der Waals surface area contributed by atoms with E-state index in [1.54, 1.807) is 23.1 Å². The molecule has 0 saturated carbocycles. The number of hydrogen-bond donors (Lipinski definition) is 0. The molecule has 1 amide bonds. The van der Waals surface area contributed by atoms with Gasteiger partial charge in [-0.1, -0.05) is 49.7 Å². The molecule has 0 spiro atoms. The summed E-state index contributed by atoms with van der Waals surface area (Å²) in [6, 6.07) is 18.7. The van der Waals surface area contributed by atoms with E-state index in [-0.39, 0.29) is 23.8 Å². The number of rotatable bonds is 7. The first-order valence-electron chi connectivity index (χ1n) is 9.41. The Kier molecular flexibility index (Phi) is 6.37. The lowest BCUT2D eigenvalue weighted by Crippen LogP contribution is -2.33. The summed E-state index contributed by atoms with van der Waals surface area (Å²) in [5.41, 5.74) is 1.34. The fourth-order valence-corrected chi connectivity index (χ4v) is 3.02. The number of unbranched alkanes of at least 4 members (excludes halogenated alkanes) is 1. The van der Waals surface area contributed by atoms with Crippen LogP contribution >= 0.6 is 0 Å². The Morgan fingerprint density at radius 1 is 1.00 bits per heavy atom. The maximum absolute atomic E-state index is 14.0. The molecule has 1 heterocycles. The molecule has 3 aromatic rings. The summed E-state index contributed by atoms with van der Waals surface area (Å²) < 4.78 is 15.3. The highest BCUT2D eigenvalue weighted by molar-refractivity contribution is 6.05. The quantitative estimate of drug-likeness (QED) is 0.608. The molecule has 0 aliphatic carbocycles. The van der Waals surface area contributed by atoms with Crippen LogP contribution < -0.4 is 10.5 Å². The summed E-state index contributed by atoms with van der Waals surface area (Å²) in [5.74, 6) is -0.554. The van der Waals surface area contributed by atoms with Crippen molar-refractivity contribution in [2.75, 3.05) is 11.4 Å². The molecular formula is C23H23FN2O2. The Morgan fingerprint density at radius 2 is 1.71 bits per heavy atom. The fourth-order valence-electron chi connectivity index (χ4n) is 3.02. The van der Waals surface area contributed by atoms with Gasteiger partial charge in [-0.25, -0.2) is 4.39 Å². The molecule has 0 N–H and O–H groups in total. The molecule has 0 unspecified atom stereocenters. The molecule has 0 aliphatic rings. The number of hydrogen-bond acceptors (Lipinski definition) is 2. The molecule has 0 bridgehead atoms. The number of aromatic nitrogens is 1. The zero-order chi connectivity index (χ0) is 19.9. The van der Waals surface area contributed by atoms with E-state index in [0.29, 0.717) is 17.7 Å². The van der Waals surface area contributed by atoms with Crippen LogP contribution in [0, 0.1) is 5.82 Å². The fraction of sp³-hybridized carbons (Fsp3) is 0.217. The highest BCUT2D eigenvalue weighted by Crippen LogP contribution is 2.18. The zero-order valence-corrected chi connectivity index (χ0v) is 15.8. The topological polar surface area (TPSA) is 42.3 Å². The van der Waals surface area contributed by atoms with E-state index in [1.807, 2.05) is 30.3 Å². The third-order valence-electron chi connectivity index (χ3n) is 4.58. The Hall–Kier alpha value is -3.21. The van der Waals surface area contributed by atoms with Gasteiger partial charge in [-0.2, -0.15) is 0 Å². The maximum atomic E-state index is 14.0. The van der Waals surface area contributed by atoms with Crippen molar-refractivity contribution in [1.29, 1.82) is 0 Å². The Balaban J connectivity index is 1.92. The Bertz CT molecular complexity index is 999. The normalized spacial score (nSPS) is 10.6. The number of anilines is 1. The van der Waals surface area contributed by atoms with Crippen LogP contribution in [0.25, 0.3) is 0 Å². The van der Waals surface area contributed by atoms with Crippen molar-refractivity contribution >= 4 is 11.6 Å². The second kappa shape index (κ2) is 9.13. The minimum Gasteiger partial charge on any atom is -0.310 e. The summed E-state index contributed by atoms with van der Waals surface area (Å²) in [7, 11) is 0. The molecule has 3 rings (SSSR count). The lowest BCUT2D eigenvalue weighted by molar-refractivity contribution is 0.0985. The first-order valence-corrected chi connectivity index (χ1v) is 9.41. The standard InChI is InChI=1S/C23H23FN2O2/c1-2-3-15-26(20-10-5-4-6-11-20)23(28)19-13-14-22(27)25(17-19)16-18-9-7-8-12-21(18)24/h4-14,17H,2-3,15-16H2,1H3. The van der Waals surface area contributed by atoms with Gasteiger partial charge in [0, 0.05) is 30.1 Å². The minimum absolute atomic E-state index is 0.0763. The van der Waals surface area contributed by atoms with E-state index in [2.05, 4.69) is 6.92 Å². The first kappa shape index (κ1) is 19.5. The van der Waals surface area contributed by atoms with Crippen LogP contribution in [-0.4, -0.2) is 17.0 Å². The number of pyridine rings is 1. The first-order chi connectivity index (χ1) is 13.6. The van der Waals surface area contributed by atoms with Crippen molar-refractivity contribution < 1.29 is 9.18 Å². The number of nitrogens with zero attached hydrogens (tertiary/aromatic N) is 2. The zero-order valence-electron chi connectivity index (χ0n) is 15.8. The van der Waals surface area contributed by atoms with E-state index in [4.69, 9.17) is 0 Å². The Labute approximate surface area is 163 Å². The van der Waals surface area contributed by atoms with Crippen LogP contribution in [0.15, 0.2) is 77.7 Å². The van der Waals surface area contributed by atoms with Gasteiger partial charge in [0.1, 0.15) is 5.82 Å². The van der Waals surface area contributed by atoms with Gasteiger partial charge in [0.05, 0.1) is 12.1 Å². The molecule has 0 aliphatic heterocycles. The number of benzene rings is 2. The van der Waals surface area contributed by atoms with Gasteiger partial charge in [-0.05, 0) is 30.7 Å². The monoisotopic (exact) mass is 378 g/mol. The third kappa shape index (κ3) is 4.55. The SMILES string of the molecule is CCCCN(C(=O)c1ccc(=O)n(Cc2ccccc2F)c1)c1ccccc1. The number of carbonyl (C=O) groups excluding carboxylic acids is 1. The summed E-state index contributed by atoms with van der Waals surface area (Å²) in [4.78, 5) is 27.1. The molecule has 0 radical (unpaired) electrons. The second-order valence-electron chi connectivity index (χ2n) is 6.62. The van der Waals surface area contributed by atoms with Crippen LogP contribution in [0.2, 0.25) is 0 Å². The van der Waals surface area contributed by atoms with Gasteiger partial charge in [-0.15, -0.1) is 0 Å². The molecular weight excluding hydrogens is 355 g/mol. The second-order valence-corrected chi connectivity index (χ2v) is 6.62. The molecule has 0 saturated heterocycles. The smallest absolute Gasteiger partial charge is 0.259 e. The van der Waals surface area contributed by atoms with Crippen LogP contribution in [0.4, 0.5) is 10.1 Å². The molecule has 28 heavy (non-hydrogen) atoms. The van der Waals surface area contributed by atoms with Crippen LogP contribution in [0.5, 0.6) is 0 Å². The van der Waals surface area contributed by atoms with E-state index in [1.165, 1.54) is 29.0 Å². The van der Waals surface area contributed by atoms with Crippen molar-refractivity contribution in [2.45, 2.75) is 26.3 Å². The molecule has 0 atom stereocenters. The van der Waals surface area contributed by atoms with Crippen LogP contribution in [0.1, 0.15) is 35.7 Å². The van der Waals surface area contributed by atoms with Crippen molar-refractivity contribution in [3.8, 4) is 0 Å². The Morgan fingerprint density at radius 3 is 2.43 bits per heavy atom. The van der Waals surface area contributed by atoms with Crippen molar-refractivity contribution in [2.24, 2.45) is 0 Å². The predicted octanol–water partition coefficient (Wildman–Crippen LogP) is 4.48. The molecule has 1 aromatic heterocycles. The average Bonchev–Trinajstić information content (AvgIpc) is 2.72. The summed E-state index contributed by atoms with van der Waals surface area (Å²) >= 11 is 0. The largest absolute Gasteiger partial charge is 0.310 e. The highest BCUT2D eigenvalue weighted by Gasteiger charge is 2.18. The minimum atomic E-state index is -0.375. The predicted molar refractivity (Wildman–Crippen MR) is 109 cm³/mol. The highest BCUT2D eigenvalue weighted by atomic mass is 19.1. The number of amides is 1. The van der Waals surface area contributed by atoms with Gasteiger partial charge in [0.15, 0.2) is 0 Å². The lowest BCUT2D eigenvalue weighted by atomic mass is 10.1. The number of carbonyl (C=O) groups is 1. The van der Waals surface area contributed by atoms with Gasteiger partial charge in [-0.3, -0.25) is 9.59 Å². The maximum Gasteiger partial charge on any atom is 0.259 e. The molecule has 2 aromatic carbocycles. The average molecular weight is 378 g/mol. The van der Waals surface area contributed by atoms with E-state index in [0.717, 1.165) is 18.5 Å².